The van der Waals surface area contributed by atoms with Gasteiger partial charge in [-0.2, -0.15) is 0 Å². The Morgan fingerprint density at radius 2 is 2.38 bits per heavy atom. The number of benzene rings is 1. The third kappa shape index (κ3) is 1.70. The number of carbonyl (C=O) groups excluding carboxylic acids is 1. The van der Waals surface area contributed by atoms with Crippen LogP contribution in [0, 0.1) is 0 Å². The lowest BCUT2D eigenvalue weighted by Crippen LogP contribution is -1.98. The van der Waals surface area contributed by atoms with Crippen LogP contribution in [0.25, 0.3) is 0 Å². The van der Waals surface area contributed by atoms with Crippen molar-refractivity contribution in [2.75, 3.05) is 6.61 Å². The molecule has 0 radical (unpaired) electrons. The Morgan fingerprint density at radius 3 is 3.00 bits per heavy atom. The van der Waals surface area contributed by atoms with Crippen LogP contribution in [0.15, 0.2) is 18.2 Å². The topological polar surface area (TPSA) is 49.8 Å². The zero-order valence-corrected chi connectivity index (χ0v) is 7.06. The van der Waals surface area contributed by atoms with Crippen molar-refractivity contribution >= 4 is 6.29 Å². The molecule has 0 aliphatic carbocycles. The summed E-state index contributed by atoms with van der Waals surface area (Å²) in [6.45, 7) is 0.758. The average molecular weight is 178 g/mol. The Morgan fingerprint density at radius 1 is 1.62 bits per heavy atom. The van der Waals surface area contributed by atoms with Gasteiger partial charge < -0.3 is 9.84 Å². The highest BCUT2D eigenvalue weighted by Gasteiger charge is 2.24. The van der Waals surface area contributed by atoms with E-state index in [-0.39, 0.29) is 11.9 Å². The van der Waals surface area contributed by atoms with Crippen molar-refractivity contribution in [2.45, 2.75) is 12.5 Å². The monoisotopic (exact) mass is 178 g/mol. The second kappa shape index (κ2) is 3.18. The fourth-order valence-electron chi connectivity index (χ4n) is 1.34. The summed E-state index contributed by atoms with van der Waals surface area (Å²) in [6.07, 6.45) is 1.63. The minimum Gasteiger partial charge on any atom is -0.507 e. The van der Waals surface area contributed by atoms with Crippen LogP contribution in [0.4, 0.5) is 0 Å². The van der Waals surface area contributed by atoms with Crippen LogP contribution in [0.2, 0.25) is 0 Å². The Hall–Kier alpha value is -1.35. The number of aromatic hydroxyl groups is 1. The van der Waals surface area contributed by atoms with Crippen LogP contribution in [0.1, 0.15) is 15.9 Å². The SMILES string of the molecule is O=Cc1c(O)cccc1CC1CO1. The first-order chi connectivity index (χ1) is 6.31. The van der Waals surface area contributed by atoms with Crippen LogP contribution >= 0.6 is 0 Å². The number of epoxide rings is 1. The van der Waals surface area contributed by atoms with Crippen molar-refractivity contribution in [1.29, 1.82) is 0 Å². The van der Waals surface area contributed by atoms with Crippen LogP contribution in [-0.4, -0.2) is 24.1 Å². The molecule has 1 unspecified atom stereocenters. The van der Waals surface area contributed by atoms with Gasteiger partial charge in [0, 0.05) is 6.42 Å². The first kappa shape index (κ1) is 8.26. The summed E-state index contributed by atoms with van der Waals surface area (Å²) in [5.41, 5.74) is 1.25. The molecule has 1 saturated heterocycles. The lowest BCUT2D eigenvalue weighted by molar-refractivity contribution is 0.112. The van der Waals surface area contributed by atoms with Crippen molar-refractivity contribution in [3.8, 4) is 5.75 Å². The van der Waals surface area contributed by atoms with E-state index in [0.717, 1.165) is 12.2 Å². The molecular weight excluding hydrogens is 168 g/mol. The van der Waals surface area contributed by atoms with Crippen LogP contribution < -0.4 is 0 Å². The molecule has 1 aromatic rings. The van der Waals surface area contributed by atoms with Gasteiger partial charge in [-0.1, -0.05) is 12.1 Å². The third-order valence-electron chi connectivity index (χ3n) is 2.14. The van der Waals surface area contributed by atoms with E-state index in [9.17, 15) is 9.90 Å². The first-order valence-electron chi connectivity index (χ1n) is 4.19. The summed E-state index contributed by atoms with van der Waals surface area (Å²) < 4.78 is 5.05. The number of carbonyl (C=O) groups is 1. The fourth-order valence-corrected chi connectivity index (χ4v) is 1.34. The van der Waals surface area contributed by atoms with E-state index in [4.69, 9.17) is 4.74 Å². The van der Waals surface area contributed by atoms with Gasteiger partial charge >= 0.3 is 0 Å². The molecule has 1 aliphatic rings. The number of ether oxygens (including phenoxy) is 1. The summed E-state index contributed by atoms with van der Waals surface area (Å²) in [5.74, 6) is 0.0492. The van der Waals surface area contributed by atoms with Gasteiger partial charge in [-0.25, -0.2) is 0 Å². The normalized spacial score (nSPS) is 19.8. The van der Waals surface area contributed by atoms with Crippen molar-refractivity contribution in [3.05, 3.63) is 29.3 Å². The van der Waals surface area contributed by atoms with Crippen LogP contribution in [0.3, 0.4) is 0 Å². The molecule has 1 aromatic carbocycles. The number of aldehydes is 1. The van der Waals surface area contributed by atoms with Crippen molar-refractivity contribution in [1.82, 2.24) is 0 Å². The highest BCUT2D eigenvalue weighted by Crippen LogP contribution is 2.23. The van der Waals surface area contributed by atoms with Gasteiger partial charge in [-0.05, 0) is 11.6 Å². The zero-order valence-electron chi connectivity index (χ0n) is 7.06. The fraction of sp³-hybridized carbons (Fsp3) is 0.300. The smallest absolute Gasteiger partial charge is 0.154 e. The number of phenols is 1. The van der Waals surface area contributed by atoms with E-state index in [1.165, 1.54) is 6.07 Å². The maximum Gasteiger partial charge on any atom is 0.154 e. The number of rotatable bonds is 3. The van der Waals surface area contributed by atoms with Gasteiger partial charge in [0.15, 0.2) is 6.29 Å². The second-order valence-electron chi connectivity index (χ2n) is 3.13. The van der Waals surface area contributed by atoms with Gasteiger partial charge in [0.05, 0.1) is 18.3 Å². The Balaban J connectivity index is 2.30. The molecule has 1 heterocycles. The van der Waals surface area contributed by atoms with E-state index < -0.39 is 0 Å². The number of phenolic OH excluding ortho intramolecular Hbond substituents is 1. The van der Waals surface area contributed by atoms with Gasteiger partial charge in [0.2, 0.25) is 0 Å². The first-order valence-corrected chi connectivity index (χ1v) is 4.19. The molecule has 0 saturated carbocycles. The van der Waals surface area contributed by atoms with Gasteiger partial charge in [0.1, 0.15) is 5.75 Å². The third-order valence-corrected chi connectivity index (χ3v) is 2.14. The molecule has 1 aliphatic heterocycles. The standard InChI is InChI=1S/C10H10O3/c11-5-9-7(4-8-6-13-8)2-1-3-10(9)12/h1-3,5,8,12H,4,6H2. The van der Waals surface area contributed by atoms with Crippen LogP contribution in [-0.2, 0) is 11.2 Å². The molecule has 1 N–H and O–H groups in total. The largest absolute Gasteiger partial charge is 0.507 e. The molecule has 1 fully saturated rings. The van der Waals surface area contributed by atoms with Gasteiger partial charge in [-0.3, -0.25) is 4.79 Å². The van der Waals surface area contributed by atoms with Crippen molar-refractivity contribution < 1.29 is 14.6 Å². The zero-order chi connectivity index (χ0) is 9.26. The van der Waals surface area contributed by atoms with E-state index in [1.54, 1.807) is 6.07 Å². The molecule has 3 heteroatoms. The van der Waals surface area contributed by atoms with E-state index in [0.29, 0.717) is 18.3 Å². The molecule has 68 valence electrons. The van der Waals surface area contributed by atoms with Crippen LogP contribution in [0.5, 0.6) is 5.75 Å². The van der Waals surface area contributed by atoms with Gasteiger partial charge in [0.25, 0.3) is 0 Å². The summed E-state index contributed by atoms with van der Waals surface area (Å²) in [7, 11) is 0. The van der Waals surface area contributed by atoms with E-state index >= 15 is 0 Å². The lowest BCUT2D eigenvalue weighted by atomic mass is 10.0. The Bertz CT molecular complexity index is 329. The lowest BCUT2D eigenvalue weighted by Gasteiger charge is -2.03. The molecule has 13 heavy (non-hydrogen) atoms. The highest BCUT2D eigenvalue weighted by atomic mass is 16.6. The minimum atomic E-state index is 0.0492. The second-order valence-corrected chi connectivity index (χ2v) is 3.13. The predicted molar refractivity (Wildman–Crippen MR) is 46.9 cm³/mol. The summed E-state index contributed by atoms with van der Waals surface area (Å²) in [4.78, 5) is 10.6. The number of hydrogen-bond acceptors (Lipinski definition) is 3. The molecule has 1 atom stereocenters. The molecule has 2 rings (SSSR count). The summed E-state index contributed by atoms with van der Waals surface area (Å²) >= 11 is 0. The molecule has 0 amide bonds. The molecule has 0 spiro atoms. The summed E-state index contributed by atoms with van der Waals surface area (Å²) in [5, 5.41) is 9.35. The maximum atomic E-state index is 10.6. The molecule has 3 nitrogen and oxygen atoms in total. The van der Waals surface area contributed by atoms with Crippen molar-refractivity contribution in [3.63, 3.8) is 0 Å². The minimum absolute atomic E-state index is 0.0492. The van der Waals surface area contributed by atoms with Gasteiger partial charge in [-0.15, -0.1) is 0 Å². The quantitative estimate of drug-likeness (QED) is 0.558. The van der Waals surface area contributed by atoms with E-state index in [1.807, 2.05) is 6.07 Å². The van der Waals surface area contributed by atoms with Crippen molar-refractivity contribution in [2.24, 2.45) is 0 Å². The Kier molecular flexibility index (Phi) is 2.02. The molecular formula is C10H10O3. The molecule has 0 bridgehead atoms. The summed E-state index contributed by atoms with van der Waals surface area (Å²) in [6, 6.07) is 5.09. The number of hydrogen-bond donors (Lipinski definition) is 1. The highest BCUT2D eigenvalue weighted by molar-refractivity contribution is 5.81. The molecule has 0 aromatic heterocycles. The van der Waals surface area contributed by atoms with E-state index in [2.05, 4.69) is 0 Å². The maximum absolute atomic E-state index is 10.6. The Labute approximate surface area is 76.0 Å². The average Bonchev–Trinajstić information content (AvgIpc) is 2.89. The predicted octanol–water partition coefficient (Wildman–Crippen LogP) is 1.15.